The van der Waals surface area contributed by atoms with Crippen molar-refractivity contribution in [2.45, 2.75) is 26.2 Å². The Morgan fingerprint density at radius 1 is 1.33 bits per heavy atom. The summed E-state index contributed by atoms with van der Waals surface area (Å²) in [7, 11) is 0. The quantitative estimate of drug-likeness (QED) is 0.690. The topological polar surface area (TPSA) is 12.9 Å². The van der Waals surface area contributed by atoms with E-state index in [1.807, 2.05) is 0 Å². The molecule has 1 aromatic heterocycles. The number of hydrogen-bond donors (Lipinski definition) is 0. The van der Waals surface area contributed by atoms with Gasteiger partial charge in [-0.05, 0) is 0 Å². The maximum Gasteiger partial charge on any atom is 1.00 e. The Morgan fingerprint density at radius 2 is 1.92 bits per heavy atom. The van der Waals surface area contributed by atoms with E-state index >= 15 is 0 Å². The summed E-state index contributed by atoms with van der Waals surface area (Å²) in [5.74, 6) is 0. The molecule has 0 radical (unpaired) electrons. The minimum atomic E-state index is 0. The maximum atomic E-state index is 3.75. The number of hydrogen-bond acceptors (Lipinski definition) is 1. The van der Waals surface area contributed by atoms with E-state index in [4.69, 9.17) is 0 Å². The Labute approximate surface area is 135 Å². The van der Waals surface area contributed by atoms with Gasteiger partial charge in [0.15, 0.2) is 0 Å². The average Bonchev–Trinajstić information content (AvgIpc) is 2.10. The van der Waals surface area contributed by atoms with E-state index < -0.39 is 0 Å². The van der Waals surface area contributed by atoms with Gasteiger partial charge in [0.1, 0.15) is 0 Å². The minimum Gasteiger partial charge on any atom is -0.391 e. The Kier molecular flexibility index (Phi) is 19.2. The van der Waals surface area contributed by atoms with Gasteiger partial charge in [0.25, 0.3) is 0 Å². The molecule has 0 aromatic carbocycles. The van der Waals surface area contributed by atoms with Gasteiger partial charge in [-0.1, -0.05) is 32.2 Å². The summed E-state index contributed by atoms with van der Waals surface area (Å²) in [4.78, 5) is 3.75. The van der Waals surface area contributed by atoms with Crippen LogP contribution in [-0.2, 0) is 0 Å². The number of rotatable bonds is 2. The van der Waals surface area contributed by atoms with Crippen molar-refractivity contribution in [3.05, 3.63) is 37.5 Å². The van der Waals surface area contributed by atoms with Gasteiger partial charge < -0.3 is 11.9 Å². The first-order valence-corrected chi connectivity index (χ1v) is 3.97. The van der Waals surface area contributed by atoms with E-state index in [1.54, 1.807) is 24.5 Å². The van der Waals surface area contributed by atoms with E-state index in [2.05, 4.69) is 24.9 Å². The fourth-order valence-corrected chi connectivity index (χ4v) is 0.527. The van der Waals surface area contributed by atoms with Crippen LogP contribution < -0.4 is 68.9 Å². The molecule has 1 aromatic rings. The van der Waals surface area contributed by atoms with Gasteiger partial charge in [0, 0.05) is 0 Å². The molecule has 0 saturated carbocycles. The van der Waals surface area contributed by atoms with Crippen molar-refractivity contribution >= 4 is 0 Å². The molecule has 0 N–H and O–H groups in total. The first-order chi connectivity index (χ1) is 5.41. The standard InChI is InChI=1S/C5H4N.C5H11.Cs/c1-2-4-6-5-3-1;1-3-5-4-2;/h2-5H;1,3-5H2,2H3;/q2*-1;+1. The third-order valence-electron chi connectivity index (χ3n) is 1.12. The Balaban J connectivity index is 0. The van der Waals surface area contributed by atoms with Crippen LogP contribution in [0.1, 0.15) is 26.2 Å². The molecular formula is C10H15CsN-. The molecule has 62 valence electrons. The molecule has 0 aliphatic rings. The predicted octanol–water partition coefficient (Wildman–Crippen LogP) is -0.104. The number of aromatic nitrogens is 1. The van der Waals surface area contributed by atoms with Crippen LogP contribution in [-0.4, -0.2) is 4.98 Å². The molecule has 0 aliphatic carbocycles. The van der Waals surface area contributed by atoms with Crippen LogP contribution in [0.2, 0.25) is 0 Å². The fourth-order valence-electron chi connectivity index (χ4n) is 0.527. The zero-order valence-corrected chi connectivity index (χ0v) is 14.4. The second kappa shape index (κ2) is 14.7. The molecule has 0 aliphatic heterocycles. The smallest absolute Gasteiger partial charge is 0.391 e. The summed E-state index contributed by atoms with van der Waals surface area (Å²) < 4.78 is 0. The summed E-state index contributed by atoms with van der Waals surface area (Å²) >= 11 is 0. The van der Waals surface area contributed by atoms with E-state index in [-0.39, 0.29) is 68.9 Å². The van der Waals surface area contributed by atoms with Crippen LogP contribution in [0.25, 0.3) is 0 Å². The summed E-state index contributed by atoms with van der Waals surface area (Å²) in [6, 6.07) is 6.36. The Bertz CT molecular complexity index is 113. The zero-order valence-electron chi connectivity index (χ0n) is 8.09. The monoisotopic (exact) mass is 282 g/mol. The second-order valence-corrected chi connectivity index (χ2v) is 2.15. The summed E-state index contributed by atoms with van der Waals surface area (Å²) in [5.41, 5.74) is 0. The van der Waals surface area contributed by atoms with Crippen molar-refractivity contribution < 1.29 is 68.9 Å². The van der Waals surface area contributed by atoms with Gasteiger partial charge in [0.05, 0.1) is 0 Å². The summed E-state index contributed by atoms with van der Waals surface area (Å²) in [6.45, 7) is 5.85. The SMILES string of the molecule is [CH2-]CCCC.[Cs+].[c-]1ccncc1. The van der Waals surface area contributed by atoms with Crippen molar-refractivity contribution in [2.75, 3.05) is 0 Å². The minimum absolute atomic E-state index is 0. The van der Waals surface area contributed by atoms with Crippen LogP contribution in [0.5, 0.6) is 0 Å². The number of pyridine rings is 1. The van der Waals surface area contributed by atoms with E-state index in [0.717, 1.165) is 6.42 Å². The fraction of sp³-hybridized carbons (Fsp3) is 0.400. The summed E-state index contributed by atoms with van der Waals surface area (Å²) in [6.07, 6.45) is 7.04. The molecule has 0 atom stereocenters. The van der Waals surface area contributed by atoms with E-state index in [1.165, 1.54) is 12.8 Å². The first kappa shape index (κ1) is 15.7. The zero-order chi connectivity index (χ0) is 8.36. The van der Waals surface area contributed by atoms with Crippen molar-refractivity contribution in [3.8, 4) is 0 Å². The van der Waals surface area contributed by atoms with Gasteiger partial charge in [0.2, 0.25) is 0 Å². The molecule has 0 amide bonds. The Morgan fingerprint density at radius 3 is 2.00 bits per heavy atom. The van der Waals surface area contributed by atoms with Crippen molar-refractivity contribution in [2.24, 2.45) is 0 Å². The van der Waals surface area contributed by atoms with Crippen LogP contribution >= 0.6 is 0 Å². The van der Waals surface area contributed by atoms with Crippen LogP contribution in [0.15, 0.2) is 24.5 Å². The molecular weight excluding hydrogens is 267 g/mol. The van der Waals surface area contributed by atoms with Crippen LogP contribution in [0, 0.1) is 13.0 Å². The Hall–Kier alpha value is 1.20. The van der Waals surface area contributed by atoms with Crippen molar-refractivity contribution in [1.29, 1.82) is 0 Å². The van der Waals surface area contributed by atoms with Gasteiger partial charge in [-0.15, -0.1) is 0 Å². The van der Waals surface area contributed by atoms with Crippen LogP contribution in [0.4, 0.5) is 0 Å². The van der Waals surface area contributed by atoms with Gasteiger partial charge >= 0.3 is 68.9 Å². The van der Waals surface area contributed by atoms with Crippen LogP contribution in [0.3, 0.4) is 0 Å². The molecule has 0 saturated heterocycles. The summed E-state index contributed by atoms with van der Waals surface area (Å²) in [5, 5.41) is 0. The average molecular weight is 282 g/mol. The molecule has 0 fully saturated rings. The number of unbranched alkanes of at least 4 members (excludes halogenated alkanes) is 2. The third kappa shape index (κ3) is 13.8. The molecule has 2 heteroatoms. The molecule has 0 bridgehead atoms. The molecule has 1 rings (SSSR count). The van der Waals surface area contributed by atoms with E-state index in [9.17, 15) is 0 Å². The number of nitrogens with zero attached hydrogens (tertiary/aromatic N) is 1. The van der Waals surface area contributed by atoms with Crippen molar-refractivity contribution in [1.82, 2.24) is 4.98 Å². The molecule has 0 spiro atoms. The molecule has 1 heterocycles. The largest absolute Gasteiger partial charge is 1.00 e. The normalized spacial score (nSPS) is 7.50. The molecule has 1 nitrogen and oxygen atoms in total. The van der Waals surface area contributed by atoms with Gasteiger partial charge in [-0.3, -0.25) is 0 Å². The predicted molar refractivity (Wildman–Crippen MR) is 48.0 cm³/mol. The van der Waals surface area contributed by atoms with Gasteiger partial charge in [-0.2, -0.15) is 24.6 Å². The third-order valence-corrected chi connectivity index (χ3v) is 1.12. The molecule has 12 heavy (non-hydrogen) atoms. The van der Waals surface area contributed by atoms with E-state index in [0.29, 0.717) is 0 Å². The maximum absolute atomic E-state index is 3.75. The van der Waals surface area contributed by atoms with Gasteiger partial charge in [-0.25, -0.2) is 0 Å². The second-order valence-electron chi connectivity index (χ2n) is 2.15. The molecule has 0 unspecified atom stereocenters. The van der Waals surface area contributed by atoms with Crippen molar-refractivity contribution in [3.63, 3.8) is 0 Å². The first-order valence-electron chi connectivity index (χ1n) is 3.97.